The highest BCUT2D eigenvalue weighted by molar-refractivity contribution is 5.81. The van der Waals surface area contributed by atoms with E-state index >= 15 is 0 Å². The van der Waals surface area contributed by atoms with Crippen molar-refractivity contribution in [3.63, 3.8) is 0 Å². The molecular formula is C15H30N2O2. The van der Waals surface area contributed by atoms with Gasteiger partial charge in [-0.3, -0.25) is 9.69 Å². The minimum Gasteiger partial charge on any atom is -0.393 e. The van der Waals surface area contributed by atoms with Gasteiger partial charge in [0, 0.05) is 30.6 Å². The monoisotopic (exact) mass is 270 g/mol. The zero-order valence-electron chi connectivity index (χ0n) is 13.2. The second-order valence-corrected chi connectivity index (χ2v) is 7.20. The number of likely N-dealkylation sites (tertiary alicyclic amines) is 1. The van der Waals surface area contributed by atoms with E-state index in [0.29, 0.717) is 6.04 Å². The smallest absolute Gasteiger partial charge is 0.225 e. The number of hydrogen-bond acceptors (Lipinski definition) is 3. The molecule has 1 aliphatic heterocycles. The Morgan fingerprint density at radius 1 is 1.26 bits per heavy atom. The summed E-state index contributed by atoms with van der Waals surface area (Å²) in [5, 5.41) is 13.0. The summed E-state index contributed by atoms with van der Waals surface area (Å²) < 4.78 is 0. The van der Waals surface area contributed by atoms with Crippen molar-refractivity contribution in [1.29, 1.82) is 0 Å². The largest absolute Gasteiger partial charge is 0.393 e. The molecule has 3 unspecified atom stereocenters. The second kappa shape index (κ2) is 6.23. The van der Waals surface area contributed by atoms with Gasteiger partial charge in [0.05, 0.1) is 6.10 Å². The molecule has 3 atom stereocenters. The summed E-state index contributed by atoms with van der Waals surface area (Å²) in [6.07, 6.45) is 0.540. The number of rotatable bonds is 3. The number of amides is 1. The first kappa shape index (κ1) is 16.4. The molecule has 112 valence electrons. The Balaban J connectivity index is 2.69. The Bertz CT molecular complexity index is 292. The maximum absolute atomic E-state index is 12.1. The Morgan fingerprint density at radius 2 is 1.84 bits per heavy atom. The van der Waals surface area contributed by atoms with Crippen molar-refractivity contribution in [1.82, 2.24) is 10.2 Å². The Morgan fingerprint density at radius 3 is 2.26 bits per heavy atom. The Labute approximate surface area is 117 Å². The molecule has 0 saturated carbocycles. The highest BCUT2D eigenvalue weighted by Gasteiger charge is 2.33. The molecule has 1 amide bonds. The minimum atomic E-state index is -0.361. The van der Waals surface area contributed by atoms with Crippen LogP contribution in [0, 0.1) is 11.3 Å². The maximum Gasteiger partial charge on any atom is 0.225 e. The van der Waals surface area contributed by atoms with Crippen LogP contribution in [0.25, 0.3) is 0 Å². The van der Waals surface area contributed by atoms with Crippen LogP contribution >= 0.6 is 0 Å². The maximum atomic E-state index is 12.1. The molecule has 1 rings (SSSR count). The number of aliphatic hydroxyl groups excluding tert-OH is 1. The van der Waals surface area contributed by atoms with Crippen LogP contribution in [0.15, 0.2) is 0 Å². The third-order valence-corrected chi connectivity index (χ3v) is 3.94. The van der Waals surface area contributed by atoms with Gasteiger partial charge in [-0.05, 0) is 33.1 Å². The van der Waals surface area contributed by atoms with Crippen LogP contribution in [0.1, 0.15) is 48.0 Å². The summed E-state index contributed by atoms with van der Waals surface area (Å²) in [6, 6.07) is 0.582. The van der Waals surface area contributed by atoms with Gasteiger partial charge in [-0.1, -0.05) is 20.8 Å². The van der Waals surface area contributed by atoms with Gasteiger partial charge in [0.15, 0.2) is 0 Å². The third kappa shape index (κ3) is 4.77. The molecular weight excluding hydrogens is 240 g/mol. The molecule has 0 aliphatic carbocycles. The van der Waals surface area contributed by atoms with Crippen LogP contribution in [-0.4, -0.2) is 47.2 Å². The van der Waals surface area contributed by atoms with E-state index in [-0.39, 0.29) is 29.4 Å². The van der Waals surface area contributed by atoms with Gasteiger partial charge in [-0.25, -0.2) is 0 Å². The first-order valence-corrected chi connectivity index (χ1v) is 7.34. The second-order valence-electron chi connectivity index (χ2n) is 7.20. The molecule has 0 aromatic rings. The van der Waals surface area contributed by atoms with Gasteiger partial charge >= 0.3 is 0 Å². The third-order valence-electron chi connectivity index (χ3n) is 3.94. The molecule has 4 nitrogen and oxygen atoms in total. The average molecular weight is 270 g/mol. The van der Waals surface area contributed by atoms with E-state index in [2.05, 4.69) is 24.1 Å². The lowest BCUT2D eigenvalue weighted by molar-refractivity contribution is -0.130. The zero-order chi connectivity index (χ0) is 14.8. The molecule has 1 fully saturated rings. The van der Waals surface area contributed by atoms with Gasteiger partial charge in [0.2, 0.25) is 5.91 Å². The molecule has 2 N–H and O–H groups in total. The topological polar surface area (TPSA) is 52.6 Å². The van der Waals surface area contributed by atoms with Crippen molar-refractivity contribution < 1.29 is 9.90 Å². The summed E-state index contributed by atoms with van der Waals surface area (Å²) in [7, 11) is 0. The predicted molar refractivity (Wildman–Crippen MR) is 77.9 cm³/mol. The van der Waals surface area contributed by atoms with Gasteiger partial charge < -0.3 is 10.4 Å². The van der Waals surface area contributed by atoms with Gasteiger partial charge in [-0.2, -0.15) is 0 Å². The summed E-state index contributed by atoms with van der Waals surface area (Å²) in [4.78, 5) is 14.4. The fourth-order valence-corrected chi connectivity index (χ4v) is 2.45. The fourth-order valence-electron chi connectivity index (χ4n) is 2.45. The van der Waals surface area contributed by atoms with Crippen molar-refractivity contribution in [3.8, 4) is 0 Å². The van der Waals surface area contributed by atoms with Crippen LogP contribution in [0.3, 0.4) is 0 Å². The number of nitrogens with zero attached hydrogens (tertiary/aromatic N) is 1. The van der Waals surface area contributed by atoms with Crippen LogP contribution in [0.4, 0.5) is 0 Å². The van der Waals surface area contributed by atoms with Gasteiger partial charge in [-0.15, -0.1) is 0 Å². The van der Waals surface area contributed by atoms with E-state index in [4.69, 9.17) is 0 Å². The Kier molecular flexibility index (Phi) is 5.39. The molecule has 1 heterocycles. The molecule has 0 aromatic heterocycles. The fraction of sp³-hybridized carbons (Fsp3) is 0.933. The minimum absolute atomic E-state index is 0.0902. The first-order chi connectivity index (χ1) is 8.61. The number of piperidine rings is 1. The summed E-state index contributed by atoms with van der Waals surface area (Å²) >= 11 is 0. The molecule has 0 radical (unpaired) electrons. The van der Waals surface area contributed by atoms with E-state index in [1.54, 1.807) is 0 Å². The lowest BCUT2D eigenvalue weighted by atomic mass is 9.88. The van der Waals surface area contributed by atoms with E-state index in [0.717, 1.165) is 19.5 Å². The summed E-state index contributed by atoms with van der Waals surface area (Å²) in [5.41, 5.74) is -0.361. The summed E-state index contributed by atoms with van der Waals surface area (Å²) in [5.74, 6) is 0.328. The average Bonchev–Trinajstić information content (AvgIpc) is 2.27. The molecule has 4 heteroatoms. The van der Waals surface area contributed by atoms with E-state index in [1.165, 1.54) is 0 Å². The normalized spacial score (nSPS) is 27.4. The van der Waals surface area contributed by atoms with Gasteiger partial charge in [0.25, 0.3) is 0 Å². The van der Waals surface area contributed by atoms with Crippen LogP contribution in [0.5, 0.6) is 0 Å². The molecule has 19 heavy (non-hydrogen) atoms. The number of hydrogen-bond donors (Lipinski definition) is 2. The van der Waals surface area contributed by atoms with Crippen LogP contribution < -0.4 is 5.32 Å². The van der Waals surface area contributed by atoms with Crippen molar-refractivity contribution >= 4 is 5.91 Å². The molecule has 0 bridgehead atoms. The van der Waals surface area contributed by atoms with E-state index in [9.17, 15) is 9.90 Å². The van der Waals surface area contributed by atoms with Crippen molar-refractivity contribution in [3.05, 3.63) is 0 Å². The first-order valence-electron chi connectivity index (χ1n) is 7.34. The molecule has 1 saturated heterocycles. The van der Waals surface area contributed by atoms with Crippen molar-refractivity contribution in [2.75, 3.05) is 13.1 Å². The molecule has 0 spiro atoms. The summed E-state index contributed by atoms with van der Waals surface area (Å²) in [6.45, 7) is 13.7. The van der Waals surface area contributed by atoms with E-state index < -0.39 is 0 Å². The lowest BCUT2D eigenvalue weighted by Crippen LogP contribution is -2.55. The number of carbonyl (C=O) groups excluding carboxylic acids is 1. The standard InChI is InChI=1S/C15H30N2O2/c1-10(2)17-8-12(11(3)18)7-13(9-17)16-14(19)15(4,5)6/h10-13,18H,7-9H2,1-6H3,(H,16,19). The van der Waals surface area contributed by atoms with Crippen LogP contribution in [0.2, 0.25) is 0 Å². The Hall–Kier alpha value is -0.610. The zero-order valence-corrected chi connectivity index (χ0v) is 13.2. The highest BCUT2D eigenvalue weighted by Crippen LogP contribution is 2.23. The van der Waals surface area contributed by atoms with Crippen molar-refractivity contribution in [2.24, 2.45) is 11.3 Å². The van der Waals surface area contributed by atoms with E-state index in [1.807, 2.05) is 27.7 Å². The van der Waals surface area contributed by atoms with Crippen molar-refractivity contribution in [2.45, 2.75) is 66.2 Å². The highest BCUT2D eigenvalue weighted by atomic mass is 16.3. The quantitative estimate of drug-likeness (QED) is 0.819. The van der Waals surface area contributed by atoms with Crippen LogP contribution in [-0.2, 0) is 4.79 Å². The molecule has 1 aliphatic rings. The lowest BCUT2D eigenvalue weighted by Gasteiger charge is -2.41. The number of nitrogens with one attached hydrogen (secondary N) is 1. The predicted octanol–water partition coefficient (Wildman–Crippen LogP) is 1.63. The number of carbonyl (C=O) groups is 1. The molecule has 0 aromatic carbocycles. The van der Waals surface area contributed by atoms with Gasteiger partial charge in [0.1, 0.15) is 0 Å². The number of aliphatic hydroxyl groups is 1. The SMILES string of the molecule is CC(O)C1CC(NC(=O)C(C)(C)C)CN(C(C)C)C1.